The van der Waals surface area contributed by atoms with Crippen molar-refractivity contribution >= 4 is 0 Å². The zero-order valence-corrected chi connectivity index (χ0v) is 17.1. The van der Waals surface area contributed by atoms with Crippen LogP contribution in [-0.4, -0.2) is 4.98 Å². The number of hydrogen-bond acceptors (Lipinski definition) is 1. The first-order chi connectivity index (χ1) is 13.8. The normalized spacial score (nSPS) is 33.7. The van der Waals surface area contributed by atoms with Crippen LogP contribution in [0.25, 0.3) is 0 Å². The van der Waals surface area contributed by atoms with Crippen LogP contribution in [-0.2, 0) is 12.6 Å². The third-order valence-corrected chi connectivity index (χ3v) is 8.37. The first-order valence-electron chi connectivity index (χ1n) is 10.9. The molecule has 4 heteroatoms. The van der Waals surface area contributed by atoms with Crippen LogP contribution < -0.4 is 0 Å². The van der Waals surface area contributed by atoms with Gasteiger partial charge in [0, 0.05) is 12.4 Å². The van der Waals surface area contributed by atoms with E-state index in [0.717, 1.165) is 43.9 Å². The molecule has 0 amide bonds. The average molecular weight is 400 g/mol. The number of halogens is 3. The van der Waals surface area contributed by atoms with Gasteiger partial charge in [-0.1, -0.05) is 30.7 Å². The molecule has 0 bridgehead atoms. The van der Waals surface area contributed by atoms with Crippen molar-refractivity contribution in [3.8, 4) is 0 Å². The van der Waals surface area contributed by atoms with Crippen molar-refractivity contribution in [2.45, 2.75) is 70.4 Å². The molecule has 5 unspecified atom stereocenters. The van der Waals surface area contributed by atoms with Crippen LogP contribution in [0.2, 0.25) is 0 Å². The van der Waals surface area contributed by atoms with Gasteiger partial charge in [0.2, 0.25) is 0 Å². The SMILES string of the molecule is Cc1ccc2c(c1)CCC1C2CCC2(C)C(c3cncc(C(F)(F)F)c3)CCC12. The van der Waals surface area contributed by atoms with E-state index in [2.05, 4.69) is 37.0 Å². The summed E-state index contributed by atoms with van der Waals surface area (Å²) in [6.45, 7) is 4.51. The minimum atomic E-state index is -4.33. The Kier molecular flexibility index (Phi) is 4.34. The summed E-state index contributed by atoms with van der Waals surface area (Å²) in [6.07, 6.45) is 5.01. The topological polar surface area (TPSA) is 12.9 Å². The van der Waals surface area contributed by atoms with Crippen molar-refractivity contribution in [2.75, 3.05) is 0 Å². The Labute approximate surface area is 170 Å². The highest BCUT2D eigenvalue weighted by Gasteiger charge is 2.55. The van der Waals surface area contributed by atoms with E-state index in [0.29, 0.717) is 17.8 Å². The van der Waals surface area contributed by atoms with Crippen LogP contribution in [0.4, 0.5) is 13.2 Å². The highest BCUT2D eigenvalue weighted by Crippen LogP contribution is 2.65. The molecule has 1 aromatic carbocycles. The van der Waals surface area contributed by atoms with Gasteiger partial charge in [-0.2, -0.15) is 13.2 Å². The summed E-state index contributed by atoms with van der Waals surface area (Å²) < 4.78 is 39.7. The number of nitrogens with zero attached hydrogens (tertiary/aromatic N) is 1. The molecule has 29 heavy (non-hydrogen) atoms. The largest absolute Gasteiger partial charge is 0.417 e. The number of benzene rings is 1. The maximum atomic E-state index is 13.2. The van der Waals surface area contributed by atoms with Crippen LogP contribution in [0.5, 0.6) is 0 Å². The number of alkyl halides is 3. The first kappa shape index (κ1) is 19.1. The van der Waals surface area contributed by atoms with E-state index >= 15 is 0 Å². The van der Waals surface area contributed by atoms with E-state index in [1.807, 2.05) is 0 Å². The molecule has 3 aliphatic carbocycles. The number of pyridine rings is 1. The highest BCUT2D eigenvalue weighted by molar-refractivity contribution is 5.38. The van der Waals surface area contributed by atoms with Crippen LogP contribution in [0.3, 0.4) is 0 Å². The minimum absolute atomic E-state index is 0.0786. The van der Waals surface area contributed by atoms with Gasteiger partial charge in [-0.3, -0.25) is 4.98 Å². The zero-order chi connectivity index (χ0) is 20.4. The molecular formula is C25H28F3N. The summed E-state index contributed by atoms with van der Waals surface area (Å²) in [6, 6.07) is 8.29. The average Bonchev–Trinajstić information content (AvgIpc) is 3.04. The number of aromatic nitrogens is 1. The molecule has 3 aliphatic rings. The van der Waals surface area contributed by atoms with Crippen LogP contribution in [0.1, 0.15) is 78.7 Å². The fraction of sp³-hybridized carbons (Fsp3) is 0.560. The molecule has 1 heterocycles. The van der Waals surface area contributed by atoms with Crippen LogP contribution in [0.15, 0.2) is 36.7 Å². The molecule has 0 spiro atoms. The van der Waals surface area contributed by atoms with Gasteiger partial charge < -0.3 is 0 Å². The monoisotopic (exact) mass is 399 g/mol. The van der Waals surface area contributed by atoms with E-state index in [4.69, 9.17) is 0 Å². The third kappa shape index (κ3) is 3.02. The summed E-state index contributed by atoms with van der Waals surface area (Å²) in [5.41, 5.74) is 4.65. The predicted octanol–water partition coefficient (Wildman–Crippen LogP) is 7.05. The van der Waals surface area contributed by atoms with E-state index in [1.54, 1.807) is 6.20 Å². The lowest BCUT2D eigenvalue weighted by atomic mass is 9.53. The maximum absolute atomic E-state index is 13.2. The smallest absolute Gasteiger partial charge is 0.264 e. The molecule has 1 nitrogen and oxygen atoms in total. The van der Waals surface area contributed by atoms with Gasteiger partial charge in [0.15, 0.2) is 0 Å². The number of aryl methyl sites for hydroxylation is 2. The van der Waals surface area contributed by atoms with E-state index < -0.39 is 11.7 Å². The summed E-state index contributed by atoms with van der Waals surface area (Å²) in [4.78, 5) is 3.96. The second kappa shape index (κ2) is 6.58. The van der Waals surface area contributed by atoms with Gasteiger partial charge in [0.1, 0.15) is 0 Å². The van der Waals surface area contributed by atoms with Crippen molar-refractivity contribution < 1.29 is 13.2 Å². The Hall–Kier alpha value is -1.84. The van der Waals surface area contributed by atoms with Crippen molar-refractivity contribution in [3.63, 3.8) is 0 Å². The van der Waals surface area contributed by atoms with Gasteiger partial charge in [-0.05, 0) is 97.3 Å². The molecule has 1 aromatic heterocycles. The predicted molar refractivity (Wildman–Crippen MR) is 108 cm³/mol. The van der Waals surface area contributed by atoms with E-state index in [9.17, 15) is 13.2 Å². The molecule has 2 fully saturated rings. The van der Waals surface area contributed by atoms with Crippen LogP contribution in [0, 0.1) is 24.2 Å². The summed E-state index contributed by atoms with van der Waals surface area (Å²) >= 11 is 0. The van der Waals surface area contributed by atoms with E-state index in [-0.39, 0.29) is 11.3 Å². The quantitative estimate of drug-likeness (QED) is 0.501. The Balaban J connectivity index is 1.46. The van der Waals surface area contributed by atoms with Crippen LogP contribution >= 0.6 is 0 Å². The summed E-state index contributed by atoms with van der Waals surface area (Å²) in [5, 5.41) is 0. The number of fused-ring (bicyclic) bond motifs is 5. The lowest BCUT2D eigenvalue weighted by Gasteiger charge is -2.51. The highest BCUT2D eigenvalue weighted by atomic mass is 19.4. The Morgan fingerprint density at radius 2 is 1.86 bits per heavy atom. The summed E-state index contributed by atoms with van der Waals surface area (Å²) in [7, 11) is 0. The minimum Gasteiger partial charge on any atom is -0.264 e. The van der Waals surface area contributed by atoms with Gasteiger partial charge in [-0.25, -0.2) is 0 Å². The molecule has 2 aromatic rings. The fourth-order valence-corrected chi connectivity index (χ4v) is 7.06. The molecule has 154 valence electrons. The lowest BCUT2D eigenvalue weighted by molar-refractivity contribution is -0.137. The van der Waals surface area contributed by atoms with Crippen molar-refractivity contribution in [2.24, 2.45) is 17.3 Å². The second-order valence-corrected chi connectivity index (χ2v) is 9.80. The fourth-order valence-electron chi connectivity index (χ4n) is 7.06. The first-order valence-corrected chi connectivity index (χ1v) is 10.9. The molecule has 0 N–H and O–H groups in total. The molecule has 2 saturated carbocycles. The van der Waals surface area contributed by atoms with Gasteiger partial charge in [-0.15, -0.1) is 0 Å². The Morgan fingerprint density at radius 1 is 1.03 bits per heavy atom. The summed E-state index contributed by atoms with van der Waals surface area (Å²) in [5.74, 6) is 2.06. The Bertz CT molecular complexity index is 934. The maximum Gasteiger partial charge on any atom is 0.417 e. The Morgan fingerprint density at radius 3 is 2.66 bits per heavy atom. The molecule has 0 saturated heterocycles. The van der Waals surface area contributed by atoms with Crippen molar-refractivity contribution in [1.29, 1.82) is 0 Å². The number of hydrogen-bond donors (Lipinski definition) is 0. The van der Waals surface area contributed by atoms with Gasteiger partial charge in [0.25, 0.3) is 0 Å². The molecule has 5 rings (SSSR count). The van der Waals surface area contributed by atoms with Crippen molar-refractivity contribution in [3.05, 3.63) is 64.5 Å². The molecular weight excluding hydrogens is 371 g/mol. The zero-order valence-electron chi connectivity index (χ0n) is 17.1. The second-order valence-electron chi connectivity index (χ2n) is 9.80. The van der Waals surface area contributed by atoms with Gasteiger partial charge >= 0.3 is 6.18 Å². The molecule has 0 aliphatic heterocycles. The number of rotatable bonds is 1. The third-order valence-electron chi connectivity index (χ3n) is 8.37. The van der Waals surface area contributed by atoms with E-state index in [1.165, 1.54) is 29.2 Å². The molecule has 0 radical (unpaired) electrons. The van der Waals surface area contributed by atoms with Gasteiger partial charge in [0.05, 0.1) is 5.56 Å². The lowest BCUT2D eigenvalue weighted by Crippen LogP contribution is -2.41. The van der Waals surface area contributed by atoms with Crippen molar-refractivity contribution in [1.82, 2.24) is 4.98 Å². The molecule has 5 atom stereocenters. The standard InChI is InChI=1S/C25H28F3N/c1-15-3-5-19-16(11-15)4-6-21-20(19)9-10-24(2)22(7-8-23(21)24)17-12-18(14-29-13-17)25(26,27)28/h3,5,11-14,20-23H,4,6-10H2,1-2H3.